The molecule has 16 heavy (non-hydrogen) atoms. The van der Waals surface area contributed by atoms with Crippen molar-refractivity contribution in [3.63, 3.8) is 0 Å². The van der Waals surface area contributed by atoms with Crippen molar-refractivity contribution in [2.24, 2.45) is 11.7 Å². The van der Waals surface area contributed by atoms with E-state index in [0.717, 1.165) is 17.1 Å². The lowest BCUT2D eigenvalue weighted by Crippen LogP contribution is -2.23. The molecule has 0 saturated heterocycles. The number of amides is 1. The number of anilines is 1. The van der Waals surface area contributed by atoms with Gasteiger partial charge in [0.05, 0.1) is 11.4 Å². The van der Waals surface area contributed by atoms with Crippen molar-refractivity contribution in [3.8, 4) is 0 Å². The summed E-state index contributed by atoms with van der Waals surface area (Å²) in [5.74, 6) is -0.0649. The van der Waals surface area contributed by atoms with Gasteiger partial charge in [-0.2, -0.15) is 0 Å². The number of hydrogen-bond donors (Lipinski definition) is 2. The summed E-state index contributed by atoms with van der Waals surface area (Å²) >= 11 is 0. The molecule has 0 saturated carbocycles. The number of rotatable bonds is 4. The first kappa shape index (κ1) is 12.6. The van der Waals surface area contributed by atoms with Crippen LogP contribution in [0.25, 0.3) is 0 Å². The minimum atomic E-state index is -0.0642. The molecule has 1 amide bonds. The van der Waals surface area contributed by atoms with E-state index < -0.39 is 0 Å². The SMILES string of the molecule is Cc1ccc(NC(=O)C(C)CCN)c(C)n1. The third kappa shape index (κ3) is 3.31. The monoisotopic (exact) mass is 221 g/mol. The van der Waals surface area contributed by atoms with Gasteiger partial charge in [-0.1, -0.05) is 6.92 Å². The Morgan fingerprint density at radius 3 is 2.75 bits per heavy atom. The molecule has 0 aliphatic carbocycles. The van der Waals surface area contributed by atoms with Crippen LogP contribution in [0.5, 0.6) is 0 Å². The molecule has 0 spiro atoms. The van der Waals surface area contributed by atoms with Crippen LogP contribution in [0, 0.1) is 19.8 Å². The van der Waals surface area contributed by atoms with E-state index in [2.05, 4.69) is 10.3 Å². The van der Waals surface area contributed by atoms with Gasteiger partial charge in [0.15, 0.2) is 0 Å². The molecule has 1 atom stereocenters. The van der Waals surface area contributed by atoms with Gasteiger partial charge in [0.25, 0.3) is 0 Å². The lowest BCUT2D eigenvalue weighted by Gasteiger charge is -2.12. The maximum Gasteiger partial charge on any atom is 0.227 e. The number of carbonyl (C=O) groups is 1. The zero-order valence-corrected chi connectivity index (χ0v) is 10.1. The first-order valence-electron chi connectivity index (χ1n) is 5.49. The Balaban J connectivity index is 2.69. The third-order valence-corrected chi connectivity index (χ3v) is 2.53. The van der Waals surface area contributed by atoms with Crippen molar-refractivity contribution in [1.29, 1.82) is 0 Å². The summed E-state index contributed by atoms with van der Waals surface area (Å²) in [5.41, 5.74) is 7.99. The van der Waals surface area contributed by atoms with Crippen molar-refractivity contribution < 1.29 is 4.79 Å². The minimum Gasteiger partial charge on any atom is -0.330 e. The second-order valence-corrected chi connectivity index (χ2v) is 4.05. The summed E-state index contributed by atoms with van der Waals surface area (Å²) in [6.45, 7) is 6.21. The highest BCUT2D eigenvalue weighted by Gasteiger charge is 2.13. The lowest BCUT2D eigenvalue weighted by atomic mass is 10.1. The molecule has 0 fully saturated rings. The lowest BCUT2D eigenvalue weighted by molar-refractivity contribution is -0.119. The normalized spacial score (nSPS) is 12.2. The molecule has 1 aromatic heterocycles. The smallest absolute Gasteiger partial charge is 0.227 e. The zero-order valence-electron chi connectivity index (χ0n) is 10.1. The molecule has 1 aromatic rings. The fourth-order valence-electron chi connectivity index (χ4n) is 1.46. The first-order valence-corrected chi connectivity index (χ1v) is 5.49. The molecule has 3 N–H and O–H groups in total. The van der Waals surface area contributed by atoms with Crippen molar-refractivity contribution >= 4 is 11.6 Å². The number of aromatic nitrogens is 1. The number of nitrogens with zero attached hydrogens (tertiary/aromatic N) is 1. The summed E-state index contributed by atoms with van der Waals surface area (Å²) in [6.07, 6.45) is 0.699. The van der Waals surface area contributed by atoms with Gasteiger partial charge in [-0.05, 0) is 38.9 Å². The van der Waals surface area contributed by atoms with Gasteiger partial charge in [-0.3, -0.25) is 9.78 Å². The Morgan fingerprint density at radius 1 is 1.50 bits per heavy atom. The van der Waals surface area contributed by atoms with Crippen molar-refractivity contribution in [2.45, 2.75) is 27.2 Å². The molecule has 0 radical (unpaired) electrons. The number of carbonyl (C=O) groups excluding carboxylic acids is 1. The predicted molar refractivity (Wildman–Crippen MR) is 65.2 cm³/mol. The molecule has 0 aromatic carbocycles. The van der Waals surface area contributed by atoms with Gasteiger partial charge in [-0.25, -0.2) is 0 Å². The molecule has 0 aliphatic rings. The van der Waals surface area contributed by atoms with Crippen LogP contribution in [0.1, 0.15) is 24.7 Å². The quantitative estimate of drug-likeness (QED) is 0.811. The highest BCUT2D eigenvalue weighted by atomic mass is 16.1. The van der Waals surface area contributed by atoms with E-state index in [1.165, 1.54) is 0 Å². The second kappa shape index (κ2) is 5.61. The molecule has 1 unspecified atom stereocenters. The summed E-state index contributed by atoms with van der Waals surface area (Å²) in [5, 5.41) is 2.86. The molecule has 0 bridgehead atoms. The van der Waals surface area contributed by atoms with Crippen LogP contribution in [-0.4, -0.2) is 17.4 Å². The zero-order chi connectivity index (χ0) is 12.1. The molecule has 1 heterocycles. The standard InChI is InChI=1S/C12H19N3O/c1-8(6-7-13)12(16)15-11-5-4-9(2)14-10(11)3/h4-5,8H,6-7,13H2,1-3H3,(H,15,16). The maximum absolute atomic E-state index is 11.7. The van der Waals surface area contributed by atoms with E-state index in [1.54, 1.807) is 0 Å². The number of aryl methyl sites for hydroxylation is 2. The Labute approximate surface area is 96.3 Å². The van der Waals surface area contributed by atoms with Gasteiger partial charge >= 0.3 is 0 Å². The number of pyridine rings is 1. The number of nitrogens with two attached hydrogens (primary N) is 1. The summed E-state index contributed by atoms with van der Waals surface area (Å²) in [7, 11) is 0. The van der Waals surface area contributed by atoms with E-state index in [4.69, 9.17) is 5.73 Å². The summed E-state index contributed by atoms with van der Waals surface area (Å²) in [6, 6.07) is 3.76. The van der Waals surface area contributed by atoms with Crippen molar-refractivity contribution in [2.75, 3.05) is 11.9 Å². The van der Waals surface area contributed by atoms with E-state index in [9.17, 15) is 4.79 Å². The predicted octanol–water partition coefficient (Wildman–Crippen LogP) is 1.62. The Hall–Kier alpha value is -1.42. The van der Waals surface area contributed by atoms with Gasteiger partial charge in [0, 0.05) is 11.6 Å². The topological polar surface area (TPSA) is 68.0 Å². The van der Waals surface area contributed by atoms with Gasteiger partial charge in [-0.15, -0.1) is 0 Å². The molecule has 1 rings (SSSR count). The van der Waals surface area contributed by atoms with Crippen LogP contribution in [-0.2, 0) is 4.79 Å². The molecule has 88 valence electrons. The minimum absolute atomic E-state index is 0.000738. The average molecular weight is 221 g/mol. The van der Waals surface area contributed by atoms with Crippen LogP contribution in [0.15, 0.2) is 12.1 Å². The number of nitrogens with one attached hydrogen (secondary N) is 1. The fourth-order valence-corrected chi connectivity index (χ4v) is 1.46. The molecule has 4 heteroatoms. The van der Waals surface area contributed by atoms with Gasteiger partial charge in [0.2, 0.25) is 5.91 Å². The van der Waals surface area contributed by atoms with E-state index in [0.29, 0.717) is 13.0 Å². The maximum atomic E-state index is 11.7. The van der Waals surface area contributed by atoms with Crippen LogP contribution < -0.4 is 11.1 Å². The largest absolute Gasteiger partial charge is 0.330 e. The molecule has 0 aliphatic heterocycles. The Bertz CT molecular complexity index is 377. The van der Waals surface area contributed by atoms with E-state index in [1.807, 2.05) is 32.9 Å². The highest BCUT2D eigenvalue weighted by molar-refractivity contribution is 5.92. The average Bonchev–Trinajstić information content (AvgIpc) is 2.22. The second-order valence-electron chi connectivity index (χ2n) is 4.05. The molecule has 4 nitrogen and oxygen atoms in total. The Morgan fingerprint density at radius 2 is 2.19 bits per heavy atom. The molecular weight excluding hydrogens is 202 g/mol. The van der Waals surface area contributed by atoms with Gasteiger partial charge < -0.3 is 11.1 Å². The van der Waals surface area contributed by atoms with E-state index in [-0.39, 0.29) is 11.8 Å². The van der Waals surface area contributed by atoms with Crippen molar-refractivity contribution in [3.05, 3.63) is 23.5 Å². The van der Waals surface area contributed by atoms with Crippen LogP contribution in [0.4, 0.5) is 5.69 Å². The van der Waals surface area contributed by atoms with E-state index >= 15 is 0 Å². The molecular formula is C12H19N3O. The van der Waals surface area contributed by atoms with Crippen LogP contribution in [0.2, 0.25) is 0 Å². The third-order valence-electron chi connectivity index (χ3n) is 2.53. The Kier molecular flexibility index (Phi) is 4.43. The first-order chi connectivity index (χ1) is 7.54. The van der Waals surface area contributed by atoms with Crippen LogP contribution >= 0.6 is 0 Å². The summed E-state index contributed by atoms with van der Waals surface area (Å²) in [4.78, 5) is 16.0. The fraction of sp³-hybridized carbons (Fsp3) is 0.500. The number of hydrogen-bond acceptors (Lipinski definition) is 3. The summed E-state index contributed by atoms with van der Waals surface area (Å²) < 4.78 is 0. The van der Waals surface area contributed by atoms with Gasteiger partial charge in [0.1, 0.15) is 0 Å². The van der Waals surface area contributed by atoms with Crippen LogP contribution in [0.3, 0.4) is 0 Å². The van der Waals surface area contributed by atoms with Crippen molar-refractivity contribution in [1.82, 2.24) is 4.98 Å². The highest BCUT2D eigenvalue weighted by Crippen LogP contribution is 2.14.